The molecule has 7 nitrogen and oxygen atoms in total. The molecule has 37 heavy (non-hydrogen) atoms. The summed E-state index contributed by atoms with van der Waals surface area (Å²) < 4.78 is 71.2. The van der Waals surface area contributed by atoms with E-state index in [2.05, 4.69) is 14.9 Å². The van der Waals surface area contributed by atoms with Crippen molar-refractivity contribution < 1.29 is 31.6 Å². The van der Waals surface area contributed by atoms with E-state index in [1.165, 1.54) is 0 Å². The van der Waals surface area contributed by atoms with E-state index in [0.717, 1.165) is 11.1 Å². The molecular weight excluding hydrogens is 492 g/mol. The summed E-state index contributed by atoms with van der Waals surface area (Å²) in [7, 11) is 1.56. The molecule has 0 N–H and O–H groups in total. The second-order valence-corrected chi connectivity index (χ2v) is 9.67. The number of aromatic nitrogens is 4. The van der Waals surface area contributed by atoms with Crippen molar-refractivity contribution >= 4 is 21.9 Å². The fourth-order valence-corrected chi connectivity index (χ4v) is 5.37. The predicted molar refractivity (Wildman–Crippen MR) is 129 cm³/mol. The van der Waals surface area contributed by atoms with E-state index in [4.69, 9.17) is 14.2 Å². The van der Waals surface area contributed by atoms with Gasteiger partial charge in [-0.15, -0.1) is 0 Å². The van der Waals surface area contributed by atoms with Gasteiger partial charge in [-0.3, -0.25) is 4.98 Å². The summed E-state index contributed by atoms with van der Waals surface area (Å²) in [4.78, 5) is 9.40. The van der Waals surface area contributed by atoms with Crippen LogP contribution in [-0.4, -0.2) is 45.9 Å². The van der Waals surface area contributed by atoms with Gasteiger partial charge in [0.15, 0.2) is 0 Å². The van der Waals surface area contributed by atoms with Crippen LogP contribution in [0.1, 0.15) is 61.8 Å². The third kappa shape index (κ3) is 4.65. The first-order valence-electron chi connectivity index (χ1n) is 12.2. The van der Waals surface area contributed by atoms with Crippen molar-refractivity contribution in [3.8, 4) is 16.9 Å². The molecule has 4 aromatic rings. The fourth-order valence-electron chi connectivity index (χ4n) is 5.37. The van der Waals surface area contributed by atoms with Crippen LogP contribution >= 0.6 is 0 Å². The number of ether oxygens (including phenoxy) is 2. The highest BCUT2D eigenvalue weighted by molar-refractivity contribution is 6.05. The van der Waals surface area contributed by atoms with Crippen LogP contribution in [0.25, 0.3) is 33.1 Å². The first kappa shape index (κ1) is 25.4. The lowest BCUT2D eigenvalue weighted by atomic mass is 9.86. The second kappa shape index (κ2) is 9.59. The van der Waals surface area contributed by atoms with E-state index in [9.17, 15) is 17.6 Å². The quantitative estimate of drug-likeness (QED) is 0.245. The van der Waals surface area contributed by atoms with Gasteiger partial charge in [-0.2, -0.15) is 8.78 Å². The molecular formula is C26H28F4N4O3. The molecule has 0 bridgehead atoms. The molecule has 1 aliphatic carbocycles. The zero-order valence-electron chi connectivity index (χ0n) is 21.0. The van der Waals surface area contributed by atoms with E-state index in [0.29, 0.717) is 45.0 Å². The van der Waals surface area contributed by atoms with E-state index >= 15 is 0 Å². The van der Waals surface area contributed by atoms with Crippen molar-refractivity contribution in [2.75, 3.05) is 13.7 Å². The third-order valence-corrected chi connectivity index (χ3v) is 7.15. The number of nitrogens with zero attached hydrogens (tertiary/aromatic N) is 4. The van der Waals surface area contributed by atoms with E-state index in [1.54, 1.807) is 20.2 Å². The minimum atomic E-state index is -2.93. The Morgan fingerprint density at radius 1 is 1.16 bits per heavy atom. The fraction of sp³-hybridized carbons (Fsp3) is 0.500. The molecule has 1 saturated carbocycles. The molecule has 11 heteroatoms. The molecule has 0 spiro atoms. The lowest BCUT2D eigenvalue weighted by molar-refractivity contribution is -0.135. The summed E-state index contributed by atoms with van der Waals surface area (Å²) in [6.07, 6.45) is 1.65. The largest absolute Gasteiger partial charge is 0.496 e. The molecule has 0 aliphatic heterocycles. The summed E-state index contributed by atoms with van der Waals surface area (Å²) in [5.41, 5.74) is 4.12. The Morgan fingerprint density at radius 3 is 2.51 bits per heavy atom. The number of fused-ring (bicyclic) bond motifs is 3. The van der Waals surface area contributed by atoms with Crippen molar-refractivity contribution in [2.24, 2.45) is 0 Å². The maximum atomic E-state index is 13.9. The second-order valence-electron chi connectivity index (χ2n) is 9.67. The summed E-state index contributed by atoms with van der Waals surface area (Å²) in [6.45, 7) is 2.22. The summed E-state index contributed by atoms with van der Waals surface area (Å²) >= 11 is 0. The Bertz CT molecular complexity index is 1420. The number of aryl methyl sites for hydroxylation is 2. The molecule has 1 atom stereocenters. The maximum absolute atomic E-state index is 13.9. The van der Waals surface area contributed by atoms with Gasteiger partial charge in [0, 0.05) is 29.7 Å². The maximum Gasteiger partial charge on any atom is 0.345 e. The van der Waals surface area contributed by atoms with Gasteiger partial charge in [-0.25, -0.2) is 13.8 Å². The van der Waals surface area contributed by atoms with Gasteiger partial charge in [0.05, 0.1) is 48.2 Å². The molecule has 1 fully saturated rings. The molecule has 198 valence electrons. The Kier molecular flexibility index (Phi) is 6.59. The lowest BCUT2D eigenvalue weighted by Gasteiger charge is -2.29. The highest BCUT2D eigenvalue weighted by atomic mass is 19.3. The topological polar surface area (TPSA) is 75.2 Å². The number of pyridine rings is 1. The predicted octanol–water partition coefficient (Wildman–Crippen LogP) is 6.96. The van der Waals surface area contributed by atoms with Crippen molar-refractivity contribution in [3.63, 3.8) is 0 Å². The van der Waals surface area contributed by atoms with Crippen LogP contribution in [0, 0.1) is 13.8 Å². The zero-order valence-corrected chi connectivity index (χ0v) is 21.0. The van der Waals surface area contributed by atoms with Gasteiger partial charge < -0.3 is 18.6 Å². The summed E-state index contributed by atoms with van der Waals surface area (Å²) in [5, 5.41) is 4.74. The Morgan fingerprint density at radius 2 is 1.89 bits per heavy atom. The molecule has 5 rings (SSSR count). The van der Waals surface area contributed by atoms with Crippen LogP contribution in [0.2, 0.25) is 0 Å². The van der Waals surface area contributed by atoms with Crippen LogP contribution in [0.4, 0.5) is 17.6 Å². The molecule has 0 radical (unpaired) electrons. The number of rotatable bonds is 7. The first-order chi connectivity index (χ1) is 17.6. The molecule has 3 heterocycles. The van der Waals surface area contributed by atoms with Gasteiger partial charge in [0.2, 0.25) is 5.92 Å². The normalized spacial score (nSPS) is 17.2. The molecule has 0 unspecified atom stereocenters. The van der Waals surface area contributed by atoms with E-state index in [-0.39, 0.29) is 38.2 Å². The highest BCUT2D eigenvalue weighted by Gasteiger charge is 2.38. The third-order valence-electron chi connectivity index (χ3n) is 7.15. The van der Waals surface area contributed by atoms with Crippen molar-refractivity contribution in [3.05, 3.63) is 35.6 Å². The van der Waals surface area contributed by atoms with Crippen LogP contribution < -0.4 is 4.74 Å². The van der Waals surface area contributed by atoms with Crippen molar-refractivity contribution in [2.45, 2.75) is 70.9 Å². The van der Waals surface area contributed by atoms with Crippen LogP contribution in [0.3, 0.4) is 0 Å². The van der Waals surface area contributed by atoms with Crippen molar-refractivity contribution in [1.29, 1.82) is 0 Å². The SMILES string of the molecule is COc1cc2c(cc1-c1c(C)noc1C)ncc1nc(C3CCC(F)(F)CC3)n([C@@H](C)COC(F)F)c12. The average Bonchev–Trinajstić information content (AvgIpc) is 3.41. The minimum Gasteiger partial charge on any atom is -0.496 e. The Hall–Kier alpha value is -3.21. The lowest BCUT2D eigenvalue weighted by Crippen LogP contribution is -2.26. The molecule has 0 saturated heterocycles. The van der Waals surface area contributed by atoms with E-state index < -0.39 is 18.6 Å². The number of methoxy groups -OCH3 is 1. The zero-order chi connectivity index (χ0) is 26.5. The van der Waals surface area contributed by atoms with Crippen molar-refractivity contribution in [1.82, 2.24) is 19.7 Å². The summed E-state index contributed by atoms with van der Waals surface area (Å²) in [5.74, 6) is -1.17. The Labute approximate surface area is 210 Å². The van der Waals surface area contributed by atoms with E-state index in [1.807, 2.05) is 30.5 Å². The molecule has 1 aromatic carbocycles. The summed E-state index contributed by atoms with van der Waals surface area (Å²) in [6, 6.07) is 3.18. The Balaban J connectivity index is 1.72. The van der Waals surface area contributed by atoms with Gasteiger partial charge in [0.25, 0.3) is 0 Å². The van der Waals surface area contributed by atoms with Gasteiger partial charge in [0.1, 0.15) is 22.9 Å². The molecule has 3 aromatic heterocycles. The molecule has 0 amide bonds. The minimum absolute atomic E-state index is 0.237. The number of benzene rings is 1. The van der Waals surface area contributed by atoms with Gasteiger partial charge in [-0.05, 0) is 45.7 Å². The van der Waals surface area contributed by atoms with Crippen LogP contribution in [-0.2, 0) is 4.74 Å². The molecule has 1 aliphatic rings. The van der Waals surface area contributed by atoms with Crippen LogP contribution in [0.15, 0.2) is 22.9 Å². The smallest absolute Gasteiger partial charge is 0.345 e. The standard InChI is InChI=1S/C26H28F4N4O3/c1-13(12-36-25(27)28)34-23-17-10-21(35-4)18(22-14(2)33-37-15(22)3)9-19(17)31-11-20(23)32-24(34)16-5-7-26(29,30)8-6-16/h9-11,13,16,25H,5-8,12H2,1-4H3/t13-/m0/s1. The average molecular weight is 521 g/mol. The number of hydrogen-bond donors (Lipinski definition) is 0. The number of alkyl halides is 4. The first-order valence-corrected chi connectivity index (χ1v) is 12.2. The van der Waals surface area contributed by atoms with Gasteiger partial charge >= 0.3 is 6.61 Å². The highest BCUT2D eigenvalue weighted by Crippen LogP contribution is 2.44. The van der Waals surface area contributed by atoms with Gasteiger partial charge in [-0.1, -0.05) is 5.16 Å². The monoisotopic (exact) mass is 520 g/mol. The number of imidazole rings is 1. The number of halogens is 4. The van der Waals surface area contributed by atoms with Crippen LogP contribution in [0.5, 0.6) is 5.75 Å². The number of hydrogen-bond acceptors (Lipinski definition) is 6.